The standard InChI is InChI=1S/C16H14N4O2S/c1-11-7-8-23-14(11)16(22)19-18-15(21)13-9-17-10-20(13)12-5-3-2-4-6-12/h2-10H,1H3,(H,18,21)(H,19,22). The zero-order valence-corrected chi connectivity index (χ0v) is 13.1. The number of carbonyl (C=O) groups is 2. The van der Waals surface area contributed by atoms with E-state index in [1.54, 1.807) is 10.9 Å². The first kappa shape index (κ1) is 15.0. The molecule has 0 aliphatic carbocycles. The number of hydrogen-bond acceptors (Lipinski definition) is 4. The predicted octanol–water partition coefficient (Wildman–Crippen LogP) is 2.32. The Labute approximate surface area is 136 Å². The van der Waals surface area contributed by atoms with Crippen LogP contribution in [0.5, 0.6) is 0 Å². The number of aromatic nitrogens is 2. The second kappa shape index (κ2) is 6.45. The van der Waals surface area contributed by atoms with Gasteiger partial charge >= 0.3 is 0 Å². The third-order valence-corrected chi connectivity index (χ3v) is 4.28. The Kier molecular flexibility index (Phi) is 4.20. The minimum absolute atomic E-state index is 0.333. The molecule has 0 aliphatic heterocycles. The van der Waals surface area contributed by atoms with Gasteiger partial charge in [0, 0.05) is 5.69 Å². The molecule has 0 fully saturated rings. The van der Waals surface area contributed by atoms with Crippen LogP contribution in [0.2, 0.25) is 0 Å². The first-order chi connectivity index (χ1) is 11.2. The fraction of sp³-hybridized carbons (Fsp3) is 0.0625. The van der Waals surface area contributed by atoms with Crippen molar-refractivity contribution in [1.82, 2.24) is 20.4 Å². The first-order valence-corrected chi connectivity index (χ1v) is 7.77. The normalized spacial score (nSPS) is 10.3. The van der Waals surface area contributed by atoms with E-state index in [9.17, 15) is 9.59 Å². The van der Waals surface area contributed by atoms with Gasteiger partial charge in [-0.1, -0.05) is 18.2 Å². The van der Waals surface area contributed by atoms with Crippen molar-refractivity contribution in [2.45, 2.75) is 6.92 Å². The van der Waals surface area contributed by atoms with Crippen molar-refractivity contribution in [3.05, 3.63) is 70.4 Å². The molecule has 0 unspecified atom stereocenters. The monoisotopic (exact) mass is 326 g/mol. The van der Waals surface area contributed by atoms with E-state index in [4.69, 9.17) is 0 Å². The summed E-state index contributed by atoms with van der Waals surface area (Å²) in [6.07, 6.45) is 3.00. The van der Waals surface area contributed by atoms with Crippen molar-refractivity contribution in [2.24, 2.45) is 0 Å². The van der Waals surface area contributed by atoms with Gasteiger partial charge in [0.15, 0.2) is 0 Å². The molecule has 7 heteroatoms. The van der Waals surface area contributed by atoms with Gasteiger partial charge in [-0.3, -0.25) is 25.0 Å². The molecule has 2 N–H and O–H groups in total. The molecule has 0 saturated carbocycles. The van der Waals surface area contributed by atoms with E-state index in [1.165, 1.54) is 17.5 Å². The lowest BCUT2D eigenvalue weighted by molar-refractivity contribution is 0.0844. The number of thiophene rings is 1. The average molecular weight is 326 g/mol. The molecular weight excluding hydrogens is 312 g/mol. The summed E-state index contributed by atoms with van der Waals surface area (Å²) in [5.74, 6) is -0.773. The fourth-order valence-corrected chi connectivity index (χ4v) is 2.92. The Hall–Kier alpha value is -2.93. The number of rotatable bonds is 3. The highest BCUT2D eigenvalue weighted by atomic mass is 32.1. The number of imidazole rings is 1. The molecule has 2 aromatic heterocycles. The average Bonchev–Trinajstić information content (AvgIpc) is 3.22. The zero-order chi connectivity index (χ0) is 16.2. The number of para-hydroxylation sites is 1. The van der Waals surface area contributed by atoms with Crippen LogP contribution in [0.4, 0.5) is 0 Å². The summed E-state index contributed by atoms with van der Waals surface area (Å²) < 4.78 is 1.65. The highest BCUT2D eigenvalue weighted by Crippen LogP contribution is 2.15. The minimum Gasteiger partial charge on any atom is -0.295 e. The number of aryl methyl sites for hydroxylation is 1. The van der Waals surface area contributed by atoms with E-state index < -0.39 is 5.91 Å². The van der Waals surface area contributed by atoms with Crippen LogP contribution >= 0.6 is 11.3 Å². The van der Waals surface area contributed by atoms with E-state index in [0.29, 0.717) is 10.6 Å². The van der Waals surface area contributed by atoms with Crippen LogP contribution in [-0.2, 0) is 0 Å². The van der Waals surface area contributed by atoms with Gasteiger partial charge in [0.1, 0.15) is 5.69 Å². The third kappa shape index (κ3) is 3.14. The summed E-state index contributed by atoms with van der Waals surface area (Å²) in [5.41, 5.74) is 6.86. The number of nitrogens with one attached hydrogen (secondary N) is 2. The minimum atomic E-state index is -0.436. The Balaban J connectivity index is 1.72. The molecule has 0 radical (unpaired) electrons. The lowest BCUT2D eigenvalue weighted by Gasteiger charge is -2.09. The van der Waals surface area contributed by atoms with Crippen LogP contribution in [0.3, 0.4) is 0 Å². The highest BCUT2D eigenvalue weighted by molar-refractivity contribution is 7.12. The molecule has 1 aromatic carbocycles. The predicted molar refractivity (Wildman–Crippen MR) is 87.6 cm³/mol. The summed E-state index contributed by atoms with van der Waals surface area (Å²) in [7, 11) is 0. The summed E-state index contributed by atoms with van der Waals surface area (Å²) >= 11 is 1.33. The van der Waals surface area contributed by atoms with Crippen molar-refractivity contribution in [3.63, 3.8) is 0 Å². The van der Waals surface area contributed by atoms with Gasteiger partial charge in [-0.2, -0.15) is 0 Å². The summed E-state index contributed by atoms with van der Waals surface area (Å²) in [6.45, 7) is 1.84. The first-order valence-electron chi connectivity index (χ1n) is 6.89. The molecule has 2 heterocycles. The van der Waals surface area contributed by atoms with E-state index >= 15 is 0 Å². The fourth-order valence-electron chi connectivity index (χ4n) is 2.10. The van der Waals surface area contributed by atoms with E-state index in [-0.39, 0.29) is 5.91 Å². The van der Waals surface area contributed by atoms with Gasteiger partial charge in [-0.05, 0) is 36.1 Å². The molecule has 0 bridgehead atoms. The molecule has 0 spiro atoms. The van der Waals surface area contributed by atoms with Gasteiger partial charge in [0.05, 0.1) is 17.4 Å². The second-order valence-electron chi connectivity index (χ2n) is 4.83. The van der Waals surface area contributed by atoms with Crippen LogP contribution in [0.25, 0.3) is 5.69 Å². The topological polar surface area (TPSA) is 76.0 Å². The van der Waals surface area contributed by atoms with Crippen LogP contribution in [0, 0.1) is 6.92 Å². The van der Waals surface area contributed by atoms with Crippen LogP contribution in [-0.4, -0.2) is 21.4 Å². The number of hydrazine groups is 1. The van der Waals surface area contributed by atoms with Crippen molar-refractivity contribution >= 4 is 23.2 Å². The number of hydrogen-bond donors (Lipinski definition) is 2. The van der Waals surface area contributed by atoms with Crippen molar-refractivity contribution in [3.8, 4) is 5.69 Å². The van der Waals surface area contributed by atoms with Crippen molar-refractivity contribution in [1.29, 1.82) is 0 Å². The molecular formula is C16H14N4O2S. The largest absolute Gasteiger partial charge is 0.295 e. The number of amides is 2. The van der Waals surface area contributed by atoms with Crippen LogP contribution in [0.15, 0.2) is 54.3 Å². The van der Waals surface area contributed by atoms with Crippen molar-refractivity contribution < 1.29 is 9.59 Å². The molecule has 0 saturated heterocycles. The molecule has 2 amide bonds. The van der Waals surface area contributed by atoms with Crippen LogP contribution < -0.4 is 10.9 Å². The Morgan fingerprint density at radius 1 is 1.09 bits per heavy atom. The smallest absolute Gasteiger partial charge is 0.288 e. The van der Waals surface area contributed by atoms with Crippen LogP contribution in [0.1, 0.15) is 25.7 Å². The Morgan fingerprint density at radius 3 is 2.52 bits per heavy atom. The summed E-state index contributed by atoms with van der Waals surface area (Å²) in [4.78, 5) is 28.9. The van der Waals surface area contributed by atoms with Gasteiger partial charge in [-0.25, -0.2) is 4.98 Å². The van der Waals surface area contributed by atoms with Crippen molar-refractivity contribution in [2.75, 3.05) is 0 Å². The van der Waals surface area contributed by atoms with Gasteiger partial charge in [0.2, 0.25) is 0 Å². The quantitative estimate of drug-likeness (QED) is 0.725. The second-order valence-corrected chi connectivity index (χ2v) is 5.74. The number of nitrogens with zero attached hydrogens (tertiary/aromatic N) is 2. The summed E-state index contributed by atoms with van der Waals surface area (Å²) in [6, 6.07) is 11.2. The lowest BCUT2D eigenvalue weighted by Crippen LogP contribution is -2.42. The number of carbonyl (C=O) groups excluding carboxylic acids is 2. The molecule has 116 valence electrons. The summed E-state index contributed by atoms with van der Waals surface area (Å²) in [5, 5.41) is 1.83. The molecule has 6 nitrogen and oxygen atoms in total. The van der Waals surface area contributed by atoms with Gasteiger partial charge < -0.3 is 0 Å². The van der Waals surface area contributed by atoms with Gasteiger partial charge in [-0.15, -0.1) is 11.3 Å². The van der Waals surface area contributed by atoms with E-state index in [2.05, 4.69) is 15.8 Å². The van der Waals surface area contributed by atoms with E-state index in [1.807, 2.05) is 48.7 Å². The maximum Gasteiger partial charge on any atom is 0.288 e. The molecule has 3 rings (SSSR count). The molecule has 3 aromatic rings. The SMILES string of the molecule is Cc1ccsc1C(=O)NNC(=O)c1cncn1-c1ccccc1. The highest BCUT2D eigenvalue weighted by Gasteiger charge is 2.15. The maximum absolute atomic E-state index is 12.3. The Bertz CT molecular complexity index is 839. The molecule has 23 heavy (non-hydrogen) atoms. The molecule has 0 atom stereocenters. The Morgan fingerprint density at radius 2 is 1.83 bits per heavy atom. The molecule has 0 aliphatic rings. The zero-order valence-electron chi connectivity index (χ0n) is 12.3. The third-order valence-electron chi connectivity index (χ3n) is 3.26. The maximum atomic E-state index is 12.3. The number of benzene rings is 1. The van der Waals surface area contributed by atoms with Gasteiger partial charge in [0.25, 0.3) is 11.8 Å². The lowest BCUT2D eigenvalue weighted by atomic mass is 10.3. The van der Waals surface area contributed by atoms with E-state index in [0.717, 1.165) is 11.3 Å².